The van der Waals surface area contributed by atoms with Gasteiger partial charge in [-0.25, -0.2) is 4.98 Å². The molecule has 10 nitrogen and oxygen atoms in total. The number of H-pyrrole nitrogens is 1. The van der Waals surface area contributed by atoms with Crippen LogP contribution in [0.1, 0.15) is 13.2 Å². The maximum atomic E-state index is 11.7. The van der Waals surface area contributed by atoms with Gasteiger partial charge in [-0.15, -0.1) is 0 Å². The van der Waals surface area contributed by atoms with Crippen molar-refractivity contribution >= 4 is 17.1 Å². The molecule has 114 valence electrons. The first kappa shape index (κ1) is 13.9. The molecular weight excluding hydrogens is 284 g/mol. The molecule has 2 aromatic heterocycles. The highest BCUT2D eigenvalue weighted by atomic mass is 16.6. The van der Waals surface area contributed by atoms with E-state index < -0.39 is 36.2 Å². The van der Waals surface area contributed by atoms with Crippen molar-refractivity contribution in [1.29, 1.82) is 0 Å². The first-order valence-corrected chi connectivity index (χ1v) is 6.25. The summed E-state index contributed by atoms with van der Waals surface area (Å²) in [5.41, 5.74) is 3.44. The predicted octanol–water partition coefficient (Wildman–Crippen LogP) is -2.30. The highest BCUT2D eigenvalue weighted by Gasteiger charge is 2.53. The highest BCUT2D eigenvalue weighted by molar-refractivity contribution is 5.70. The summed E-state index contributed by atoms with van der Waals surface area (Å²) in [6.45, 7) is 0.900. The molecule has 3 heterocycles. The van der Waals surface area contributed by atoms with Crippen molar-refractivity contribution in [3.05, 3.63) is 16.7 Å². The summed E-state index contributed by atoms with van der Waals surface area (Å²) < 4.78 is 6.76. The van der Waals surface area contributed by atoms with E-state index in [0.29, 0.717) is 0 Å². The van der Waals surface area contributed by atoms with E-state index in [1.54, 1.807) is 0 Å². The summed E-state index contributed by atoms with van der Waals surface area (Å²) in [6.07, 6.45) is -2.06. The Morgan fingerprint density at radius 2 is 2.33 bits per heavy atom. The molecular formula is C11H15N5O5. The number of nitrogen functional groups attached to an aromatic ring is 1. The molecule has 1 aliphatic rings. The van der Waals surface area contributed by atoms with Crippen LogP contribution in [0, 0.1) is 0 Å². The third kappa shape index (κ3) is 1.92. The van der Waals surface area contributed by atoms with Crippen LogP contribution in [0.4, 0.5) is 5.95 Å². The predicted molar refractivity (Wildman–Crippen MR) is 70.2 cm³/mol. The second kappa shape index (κ2) is 4.49. The topological polar surface area (TPSA) is 160 Å². The lowest BCUT2D eigenvalue weighted by Gasteiger charge is -2.27. The van der Waals surface area contributed by atoms with Crippen LogP contribution >= 0.6 is 0 Å². The molecule has 0 saturated carbocycles. The van der Waals surface area contributed by atoms with Crippen molar-refractivity contribution in [1.82, 2.24) is 19.5 Å². The van der Waals surface area contributed by atoms with Gasteiger partial charge in [-0.05, 0) is 6.92 Å². The molecule has 3 rings (SSSR count). The fourth-order valence-electron chi connectivity index (χ4n) is 2.50. The summed E-state index contributed by atoms with van der Waals surface area (Å²) in [4.78, 5) is 21.9. The van der Waals surface area contributed by atoms with Crippen molar-refractivity contribution < 1.29 is 20.1 Å². The third-order valence-corrected chi connectivity index (χ3v) is 3.64. The minimum absolute atomic E-state index is 0.0329. The Balaban J connectivity index is 2.15. The maximum absolute atomic E-state index is 11.7. The van der Waals surface area contributed by atoms with Crippen LogP contribution in [0.2, 0.25) is 0 Å². The normalized spacial score (nSPS) is 32.9. The number of aromatic nitrogens is 4. The van der Waals surface area contributed by atoms with E-state index in [1.165, 1.54) is 17.8 Å². The summed E-state index contributed by atoms with van der Waals surface area (Å²) >= 11 is 0. The Labute approximate surface area is 117 Å². The number of hydrogen-bond donors (Lipinski definition) is 5. The van der Waals surface area contributed by atoms with Gasteiger partial charge in [0.15, 0.2) is 17.4 Å². The van der Waals surface area contributed by atoms with Gasteiger partial charge in [-0.2, -0.15) is 4.98 Å². The van der Waals surface area contributed by atoms with Gasteiger partial charge in [0.05, 0.1) is 12.9 Å². The van der Waals surface area contributed by atoms with Crippen LogP contribution < -0.4 is 11.3 Å². The number of imidazole rings is 1. The molecule has 0 radical (unpaired) electrons. The van der Waals surface area contributed by atoms with E-state index in [4.69, 9.17) is 10.5 Å². The molecule has 0 aliphatic carbocycles. The first-order chi connectivity index (χ1) is 9.86. The van der Waals surface area contributed by atoms with E-state index in [2.05, 4.69) is 15.0 Å². The molecule has 1 aliphatic heterocycles. The smallest absolute Gasteiger partial charge is 0.280 e. The summed E-state index contributed by atoms with van der Waals surface area (Å²) in [7, 11) is 0. The second-order valence-electron chi connectivity index (χ2n) is 5.16. The number of anilines is 1. The Bertz CT molecular complexity index is 738. The van der Waals surface area contributed by atoms with Gasteiger partial charge in [0.2, 0.25) is 5.95 Å². The van der Waals surface area contributed by atoms with Crippen LogP contribution in [0.3, 0.4) is 0 Å². The molecule has 1 saturated heterocycles. The summed E-state index contributed by atoms with van der Waals surface area (Å²) in [5, 5.41) is 29.6. The quantitative estimate of drug-likeness (QED) is 0.414. The van der Waals surface area contributed by atoms with Gasteiger partial charge in [0.1, 0.15) is 17.8 Å². The zero-order valence-corrected chi connectivity index (χ0v) is 11.1. The molecule has 0 aromatic carbocycles. The van der Waals surface area contributed by atoms with Gasteiger partial charge < -0.3 is 25.8 Å². The average Bonchev–Trinajstić information content (AvgIpc) is 2.91. The van der Waals surface area contributed by atoms with E-state index >= 15 is 0 Å². The minimum Gasteiger partial charge on any atom is -0.394 e. The Morgan fingerprint density at radius 3 is 2.95 bits per heavy atom. The van der Waals surface area contributed by atoms with Crippen molar-refractivity contribution in [2.75, 3.05) is 12.3 Å². The number of ether oxygens (including phenoxy) is 1. The lowest BCUT2D eigenvalue weighted by molar-refractivity contribution is -0.0950. The number of fused-ring (bicyclic) bond motifs is 1. The van der Waals surface area contributed by atoms with Crippen LogP contribution in [0.25, 0.3) is 11.2 Å². The first-order valence-electron chi connectivity index (χ1n) is 6.25. The number of nitrogens with zero attached hydrogens (tertiary/aromatic N) is 3. The fourth-order valence-corrected chi connectivity index (χ4v) is 2.50. The van der Waals surface area contributed by atoms with Crippen molar-refractivity contribution in [2.45, 2.75) is 31.0 Å². The van der Waals surface area contributed by atoms with Crippen LogP contribution in [0.15, 0.2) is 11.1 Å². The van der Waals surface area contributed by atoms with Crippen LogP contribution in [-0.2, 0) is 4.74 Å². The Morgan fingerprint density at radius 1 is 1.62 bits per heavy atom. The fraction of sp³-hybridized carbons (Fsp3) is 0.545. The molecule has 0 spiro atoms. The number of aromatic amines is 1. The summed E-state index contributed by atoms with van der Waals surface area (Å²) in [6, 6.07) is 0. The standard InChI is InChI=1S/C11H15N5O5/c1-11(20)6(18)4(2-17)21-9(11)16-3-13-5-7(16)14-10(12)15-8(5)19/h3-4,6,9,17-18,20H,2H2,1H3,(H3,12,14,15,19)/t4-,6-,9-,11-/m1/s1/i1+2. The Hall–Kier alpha value is -2.01. The molecule has 2 aromatic rings. The summed E-state index contributed by atoms with van der Waals surface area (Å²) in [5.74, 6) is -0.105. The van der Waals surface area contributed by atoms with Crippen molar-refractivity contribution in [2.24, 2.45) is 0 Å². The van der Waals surface area contributed by atoms with Gasteiger partial charge in [-0.1, -0.05) is 0 Å². The molecule has 4 atom stereocenters. The van der Waals surface area contributed by atoms with E-state index in [0.717, 1.165) is 0 Å². The van der Waals surface area contributed by atoms with Gasteiger partial charge in [0.25, 0.3) is 5.56 Å². The zero-order chi connectivity index (χ0) is 15.4. The van der Waals surface area contributed by atoms with Gasteiger partial charge >= 0.3 is 0 Å². The number of rotatable bonds is 2. The number of hydrogen-bond acceptors (Lipinski definition) is 8. The molecule has 21 heavy (non-hydrogen) atoms. The molecule has 6 N–H and O–H groups in total. The zero-order valence-electron chi connectivity index (χ0n) is 11.1. The van der Waals surface area contributed by atoms with Gasteiger partial charge in [0, 0.05) is 0 Å². The maximum Gasteiger partial charge on any atom is 0.280 e. The Kier molecular flexibility index (Phi) is 2.99. The average molecular weight is 299 g/mol. The minimum atomic E-state index is -1.69. The molecule has 1 fully saturated rings. The number of aliphatic hydroxyl groups is 3. The number of nitrogens with two attached hydrogens (primary N) is 1. The second-order valence-corrected chi connectivity index (χ2v) is 5.16. The van der Waals surface area contributed by atoms with E-state index in [9.17, 15) is 20.1 Å². The molecule has 0 unspecified atom stereocenters. The van der Waals surface area contributed by atoms with Crippen LogP contribution in [-0.4, -0.2) is 59.3 Å². The number of aliphatic hydroxyl groups excluding tert-OH is 2. The van der Waals surface area contributed by atoms with Crippen molar-refractivity contribution in [3.63, 3.8) is 0 Å². The highest BCUT2D eigenvalue weighted by Crippen LogP contribution is 2.38. The largest absolute Gasteiger partial charge is 0.394 e. The van der Waals surface area contributed by atoms with E-state index in [1.807, 2.05) is 0 Å². The van der Waals surface area contributed by atoms with Crippen molar-refractivity contribution in [3.8, 4) is 0 Å². The van der Waals surface area contributed by atoms with Crippen LogP contribution in [0.5, 0.6) is 0 Å². The van der Waals surface area contributed by atoms with E-state index in [-0.39, 0.29) is 17.1 Å². The lowest BCUT2D eigenvalue weighted by Crippen LogP contribution is -2.44. The third-order valence-electron chi connectivity index (χ3n) is 3.64. The molecule has 0 amide bonds. The molecule has 0 bridgehead atoms. The SMILES string of the molecule is [14CH3][C@@]1(O)[C@H](O)[C@@H](CO)O[C@H]1n1cnc2c(=O)[nH]c(N)nc21. The lowest BCUT2D eigenvalue weighted by atomic mass is 10.1. The monoisotopic (exact) mass is 299 g/mol. The number of nitrogens with one attached hydrogen (secondary N) is 1. The molecule has 10 heteroatoms. The van der Waals surface area contributed by atoms with Gasteiger partial charge in [-0.3, -0.25) is 14.3 Å².